The molecular weight excluding hydrogens is 202 g/mol. The second-order valence-electron chi connectivity index (χ2n) is 5.30. The van der Waals surface area contributed by atoms with E-state index in [9.17, 15) is 0 Å². The number of nitrogens with one attached hydrogen (secondary N) is 1. The molecule has 2 heteroatoms. The SMILES string of the molecule is SCC(C1CCCCC1)C1CCCCN1. The molecule has 15 heavy (non-hydrogen) atoms. The van der Waals surface area contributed by atoms with Gasteiger partial charge in [0.1, 0.15) is 0 Å². The summed E-state index contributed by atoms with van der Waals surface area (Å²) in [6.07, 6.45) is 11.5. The molecule has 0 bridgehead atoms. The van der Waals surface area contributed by atoms with E-state index in [1.807, 2.05) is 0 Å². The molecule has 2 unspecified atom stereocenters. The Bertz CT molecular complexity index is 153. The fourth-order valence-corrected chi connectivity index (χ4v) is 3.96. The van der Waals surface area contributed by atoms with E-state index in [1.54, 1.807) is 0 Å². The van der Waals surface area contributed by atoms with Crippen LogP contribution in [0, 0.1) is 11.8 Å². The van der Waals surface area contributed by atoms with Gasteiger partial charge in [0.15, 0.2) is 0 Å². The van der Waals surface area contributed by atoms with Gasteiger partial charge in [0.05, 0.1) is 0 Å². The van der Waals surface area contributed by atoms with Gasteiger partial charge >= 0.3 is 0 Å². The van der Waals surface area contributed by atoms with E-state index in [2.05, 4.69) is 17.9 Å². The fourth-order valence-electron chi connectivity index (χ4n) is 3.41. The number of rotatable bonds is 3. The van der Waals surface area contributed by atoms with Crippen LogP contribution < -0.4 is 5.32 Å². The van der Waals surface area contributed by atoms with E-state index in [0.717, 1.165) is 23.6 Å². The molecule has 1 aliphatic heterocycles. The van der Waals surface area contributed by atoms with Crippen molar-refractivity contribution in [3.63, 3.8) is 0 Å². The van der Waals surface area contributed by atoms with E-state index >= 15 is 0 Å². The minimum Gasteiger partial charge on any atom is -0.314 e. The fraction of sp³-hybridized carbons (Fsp3) is 1.00. The van der Waals surface area contributed by atoms with Gasteiger partial charge in [-0.3, -0.25) is 0 Å². The van der Waals surface area contributed by atoms with Gasteiger partial charge < -0.3 is 5.32 Å². The second-order valence-corrected chi connectivity index (χ2v) is 5.67. The van der Waals surface area contributed by atoms with Gasteiger partial charge in [0, 0.05) is 6.04 Å². The Balaban J connectivity index is 1.88. The largest absolute Gasteiger partial charge is 0.314 e. The molecule has 1 nitrogen and oxygen atoms in total. The summed E-state index contributed by atoms with van der Waals surface area (Å²) in [6.45, 7) is 1.24. The van der Waals surface area contributed by atoms with Gasteiger partial charge in [-0.1, -0.05) is 38.5 Å². The maximum atomic E-state index is 4.60. The summed E-state index contributed by atoms with van der Waals surface area (Å²) >= 11 is 4.60. The van der Waals surface area contributed by atoms with Crippen LogP contribution in [0.25, 0.3) is 0 Å². The number of hydrogen-bond donors (Lipinski definition) is 2. The highest BCUT2D eigenvalue weighted by Gasteiger charge is 2.29. The van der Waals surface area contributed by atoms with E-state index in [4.69, 9.17) is 0 Å². The van der Waals surface area contributed by atoms with Crippen molar-refractivity contribution in [1.82, 2.24) is 5.32 Å². The van der Waals surface area contributed by atoms with Gasteiger partial charge in [-0.2, -0.15) is 12.6 Å². The summed E-state index contributed by atoms with van der Waals surface area (Å²) in [5.41, 5.74) is 0. The number of thiol groups is 1. The zero-order valence-electron chi connectivity index (χ0n) is 9.75. The first-order valence-corrected chi connectivity index (χ1v) is 7.39. The molecule has 1 saturated heterocycles. The maximum absolute atomic E-state index is 4.60. The molecule has 2 aliphatic rings. The molecule has 0 aromatic heterocycles. The smallest absolute Gasteiger partial charge is 0.0106 e. The van der Waals surface area contributed by atoms with Crippen LogP contribution in [-0.4, -0.2) is 18.3 Å². The van der Waals surface area contributed by atoms with Crippen molar-refractivity contribution in [3.8, 4) is 0 Å². The van der Waals surface area contributed by atoms with Crippen molar-refractivity contribution in [2.75, 3.05) is 12.3 Å². The summed E-state index contributed by atoms with van der Waals surface area (Å²) < 4.78 is 0. The lowest BCUT2D eigenvalue weighted by atomic mass is 9.76. The van der Waals surface area contributed by atoms with Crippen LogP contribution in [0.3, 0.4) is 0 Å². The third kappa shape index (κ3) is 3.13. The summed E-state index contributed by atoms with van der Waals surface area (Å²) in [7, 11) is 0. The summed E-state index contributed by atoms with van der Waals surface area (Å²) in [5, 5.41) is 3.72. The Hall–Kier alpha value is 0.310. The van der Waals surface area contributed by atoms with Crippen LogP contribution in [0.2, 0.25) is 0 Å². The average molecular weight is 227 g/mol. The first kappa shape index (κ1) is 11.8. The molecule has 0 spiro atoms. The summed E-state index contributed by atoms with van der Waals surface area (Å²) in [4.78, 5) is 0. The molecule has 88 valence electrons. The predicted octanol–water partition coefficient (Wildman–Crippen LogP) is 3.25. The first-order chi connectivity index (χ1) is 7.42. The highest BCUT2D eigenvalue weighted by atomic mass is 32.1. The van der Waals surface area contributed by atoms with Crippen LogP contribution in [0.1, 0.15) is 51.4 Å². The third-order valence-corrected chi connectivity index (χ3v) is 4.75. The van der Waals surface area contributed by atoms with Crippen LogP contribution >= 0.6 is 12.6 Å². The predicted molar refractivity (Wildman–Crippen MR) is 69.6 cm³/mol. The molecule has 1 N–H and O–H groups in total. The minimum absolute atomic E-state index is 0.777. The maximum Gasteiger partial charge on any atom is 0.0106 e. The molecule has 2 rings (SSSR count). The van der Waals surface area contributed by atoms with Gasteiger partial charge in [0.25, 0.3) is 0 Å². The standard InChI is InChI=1S/C13H25NS/c15-10-12(11-6-2-1-3-7-11)13-8-4-5-9-14-13/h11-15H,1-10H2. The quantitative estimate of drug-likeness (QED) is 0.705. The van der Waals surface area contributed by atoms with Crippen molar-refractivity contribution in [1.29, 1.82) is 0 Å². The molecule has 2 atom stereocenters. The van der Waals surface area contributed by atoms with Crippen LogP contribution in [0.4, 0.5) is 0 Å². The Kier molecular flexibility index (Phi) is 4.83. The van der Waals surface area contributed by atoms with Crippen molar-refractivity contribution >= 4 is 12.6 Å². The van der Waals surface area contributed by atoms with Crippen LogP contribution in [0.5, 0.6) is 0 Å². The Labute approximate surface area is 99.8 Å². The summed E-state index contributed by atoms with van der Waals surface area (Å²) in [6, 6.07) is 0.777. The van der Waals surface area contributed by atoms with Crippen molar-refractivity contribution in [3.05, 3.63) is 0 Å². The molecule has 1 aliphatic carbocycles. The van der Waals surface area contributed by atoms with Crippen molar-refractivity contribution in [2.24, 2.45) is 11.8 Å². The van der Waals surface area contributed by atoms with Crippen LogP contribution in [-0.2, 0) is 0 Å². The normalized spacial score (nSPS) is 31.4. The highest BCUT2D eigenvalue weighted by Crippen LogP contribution is 2.34. The Morgan fingerprint density at radius 1 is 1.00 bits per heavy atom. The van der Waals surface area contributed by atoms with Gasteiger partial charge in [0.2, 0.25) is 0 Å². The zero-order chi connectivity index (χ0) is 10.5. The molecule has 2 fully saturated rings. The molecule has 1 heterocycles. The molecular formula is C13H25NS. The van der Waals surface area contributed by atoms with E-state index < -0.39 is 0 Å². The van der Waals surface area contributed by atoms with Gasteiger partial charge in [-0.25, -0.2) is 0 Å². The van der Waals surface area contributed by atoms with E-state index in [0.29, 0.717) is 0 Å². The topological polar surface area (TPSA) is 12.0 Å². The summed E-state index contributed by atoms with van der Waals surface area (Å²) in [5.74, 6) is 2.89. The third-order valence-electron chi connectivity index (χ3n) is 4.33. The van der Waals surface area contributed by atoms with Gasteiger partial charge in [-0.05, 0) is 37.0 Å². The Morgan fingerprint density at radius 3 is 2.33 bits per heavy atom. The number of piperidine rings is 1. The number of hydrogen-bond acceptors (Lipinski definition) is 2. The van der Waals surface area contributed by atoms with Crippen molar-refractivity contribution < 1.29 is 0 Å². The van der Waals surface area contributed by atoms with E-state index in [-0.39, 0.29) is 0 Å². The van der Waals surface area contributed by atoms with E-state index in [1.165, 1.54) is 57.9 Å². The Morgan fingerprint density at radius 2 is 1.73 bits per heavy atom. The molecule has 0 amide bonds. The molecule has 0 aromatic rings. The highest BCUT2D eigenvalue weighted by molar-refractivity contribution is 7.80. The lowest BCUT2D eigenvalue weighted by Gasteiger charge is -2.37. The zero-order valence-corrected chi connectivity index (χ0v) is 10.6. The average Bonchev–Trinajstić information content (AvgIpc) is 2.33. The monoisotopic (exact) mass is 227 g/mol. The lowest BCUT2D eigenvalue weighted by Crippen LogP contribution is -2.44. The minimum atomic E-state index is 0.777. The molecule has 0 radical (unpaired) electrons. The van der Waals surface area contributed by atoms with Crippen molar-refractivity contribution in [2.45, 2.75) is 57.4 Å². The van der Waals surface area contributed by atoms with Gasteiger partial charge in [-0.15, -0.1) is 0 Å². The molecule has 1 saturated carbocycles. The first-order valence-electron chi connectivity index (χ1n) is 6.76. The van der Waals surface area contributed by atoms with Crippen LogP contribution in [0.15, 0.2) is 0 Å². The lowest BCUT2D eigenvalue weighted by molar-refractivity contribution is 0.194. The second kappa shape index (κ2) is 6.15. The molecule has 0 aromatic carbocycles.